The summed E-state index contributed by atoms with van der Waals surface area (Å²) in [5.74, 6) is -0.126. The van der Waals surface area contributed by atoms with E-state index >= 15 is 0 Å². The van der Waals surface area contributed by atoms with Crippen LogP contribution in [0.5, 0.6) is 0 Å². The van der Waals surface area contributed by atoms with Gasteiger partial charge in [-0.1, -0.05) is 6.92 Å². The maximum atomic E-state index is 11.8. The van der Waals surface area contributed by atoms with Gasteiger partial charge in [-0.2, -0.15) is 13.2 Å². The van der Waals surface area contributed by atoms with Crippen LogP contribution in [0.3, 0.4) is 0 Å². The van der Waals surface area contributed by atoms with E-state index in [1.165, 1.54) is 4.90 Å². The van der Waals surface area contributed by atoms with E-state index in [1.807, 2.05) is 6.92 Å². The lowest BCUT2D eigenvalue weighted by molar-refractivity contribution is -0.175. The van der Waals surface area contributed by atoms with Gasteiger partial charge in [0, 0.05) is 13.1 Å². The average molecular weight is 269 g/mol. The fraction of sp³-hybridized carbons (Fsp3) is 0.909. The van der Waals surface area contributed by atoms with Crippen LogP contribution >= 0.6 is 0 Å². The molecule has 2 atom stereocenters. The first kappa shape index (κ1) is 15.2. The summed E-state index contributed by atoms with van der Waals surface area (Å²) in [6.07, 6.45) is -4.30. The standard InChI is InChI=1S/C11H18F3NO3/c1-8-2-4-15(6-9(8)16)10(17)3-5-18-7-11(12,13)14/h8-9,16H,2-7H2,1H3. The Labute approximate surface area is 104 Å². The van der Waals surface area contributed by atoms with Crippen LogP contribution < -0.4 is 0 Å². The summed E-state index contributed by atoms with van der Waals surface area (Å²) in [4.78, 5) is 13.1. The minimum atomic E-state index is -4.36. The summed E-state index contributed by atoms with van der Waals surface area (Å²) in [5.41, 5.74) is 0. The Morgan fingerprint density at radius 3 is 2.72 bits per heavy atom. The quantitative estimate of drug-likeness (QED) is 0.780. The van der Waals surface area contributed by atoms with Gasteiger partial charge < -0.3 is 14.7 Å². The molecule has 1 rings (SSSR count). The van der Waals surface area contributed by atoms with Crippen LogP contribution in [0.4, 0.5) is 13.2 Å². The molecule has 1 aliphatic rings. The molecule has 4 nitrogen and oxygen atoms in total. The van der Waals surface area contributed by atoms with Gasteiger partial charge in [0.15, 0.2) is 0 Å². The van der Waals surface area contributed by atoms with E-state index in [4.69, 9.17) is 0 Å². The fourth-order valence-electron chi connectivity index (χ4n) is 1.78. The number of β-amino-alcohol motifs (C(OH)–C–C–N with tert-alkyl or cyclic N) is 1. The highest BCUT2D eigenvalue weighted by Crippen LogP contribution is 2.18. The Balaban J connectivity index is 2.21. The number of rotatable bonds is 4. The molecule has 0 aliphatic carbocycles. The lowest BCUT2D eigenvalue weighted by atomic mass is 9.96. The molecule has 106 valence electrons. The molecule has 18 heavy (non-hydrogen) atoms. The molecule has 0 aromatic rings. The Hall–Kier alpha value is -0.820. The molecule has 1 fully saturated rings. The Kier molecular flexibility index (Phi) is 5.40. The molecule has 7 heteroatoms. The molecule has 2 unspecified atom stereocenters. The minimum absolute atomic E-state index is 0.0861. The molecule has 0 saturated carbocycles. The Morgan fingerprint density at radius 2 is 2.17 bits per heavy atom. The van der Waals surface area contributed by atoms with E-state index in [9.17, 15) is 23.1 Å². The van der Waals surface area contributed by atoms with Crippen LogP contribution in [0.1, 0.15) is 19.8 Å². The van der Waals surface area contributed by atoms with Crippen molar-refractivity contribution in [2.75, 3.05) is 26.3 Å². The Morgan fingerprint density at radius 1 is 1.50 bits per heavy atom. The fourth-order valence-corrected chi connectivity index (χ4v) is 1.78. The van der Waals surface area contributed by atoms with Crippen LogP contribution in [0, 0.1) is 5.92 Å². The highest BCUT2D eigenvalue weighted by Gasteiger charge is 2.29. The molecular formula is C11H18F3NO3. The molecule has 0 aromatic heterocycles. The topological polar surface area (TPSA) is 49.8 Å². The van der Waals surface area contributed by atoms with Crippen molar-refractivity contribution in [1.29, 1.82) is 0 Å². The number of aliphatic hydroxyl groups excluding tert-OH is 1. The summed E-state index contributed by atoms with van der Waals surface area (Å²) in [6, 6.07) is 0. The third-order valence-corrected chi connectivity index (χ3v) is 3.00. The maximum absolute atomic E-state index is 11.8. The number of carbonyl (C=O) groups is 1. The van der Waals surface area contributed by atoms with Crippen molar-refractivity contribution in [3.8, 4) is 0 Å². The van der Waals surface area contributed by atoms with Crippen molar-refractivity contribution in [1.82, 2.24) is 4.90 Å². The molecular weight excluding hydrogens is 251 g/mol. The van der Waals surface area contributed by atoms with E-state index in [1.54, 1.807) is 0 Å². The van der Waals surface area contributed by atoms with Crippen LogP contribution in [0.25, 0.3) is 0 Å². The second-order valence-corrected chi connectivity index (χ2v) is 4.59. The lowest BCUT2D eigenvalue weighted by Crippen LogP contribution is -2.46. The van der Waals surface area contributed by atoms with Gasteiger partial charge in [-0.05, 0) is 12.3 Å². The lowest BCUT2D eigenvalue weighted by Gasteiger charge is -2.34. The van der Waals surface area contributed by atoms with Gasteiger partial charge in [0.2, 0.25) is 5.91 Å². The minimum Gasteiger partial charge on any atom is -0.391 e. The number of likely N-dealkylation sites (tertiary alicyclic amines) is 1. The van der Waals surface area contributed by atoms with Crippen molar-refractivity contribution < 1.29 is 27.8 Å². The van der Waals surface area contributed by atoms with Gasteiger partial charge in [-0.15, -0.1) is 0 Å². The number of hydrogen-bond acceptors (Lipinski definition) is 3. The zero-order valence-corrected chi connectivity index (χ0v) is 10.2. The van der Waals surface area contributed by atoms with E-state index in [-0.39, 0.29) is 31.4 Å². The van der Waals surface area contributed by atoms with Crippen molar-refractivity contribution in [3.05, 3.63) is 0 Å². The van der Waals surface area contributed by atoms with E-state index in [0.717, 1.165) is 0 Å². The number of carbonyl (C=O) groups excluding carboxylic acids is 1. The molecule has 1 saturated heterocycles. The van der Waals surface area contributed by atoms with Crippen molar-refractivity contribution in [2.45, 2.75) is 32.0 Å². The van der Waals surface area contributed by atoms with Gasteiger partial charge in [0.1, 0.15) is 6.61 Å². The predicted octanol–water partition coefficient (Wildman–Crippen LogP) is 1.18. The molecule has 1 amide bonds. The maximum Gasteiger partial charge on any atom is 0.411 e. The van der Waals surface area contributed by atoms with Crippen molar-refractivity contribution in [2.24, 2.45) is 5.92 Å². The summed E-state index contributed by atoms with van der Waals surface area (Å²) < 4.78 is 39.7. The first-order valence-corrected chi connectivity index (χ1v) is 5.90. The number of hydrogen-bond donors (Lipinski definition) is 1. The van der Waals surface area contributed by atoms with Crippen LogP contribution in [0.15, 0.2) is 0 Å². The number of ether oxygens (including phenoxy) is 1. The third-order valence-electron chi connectivity index (χ3n) is 3.00. The van der Waals surface area contributed by atoms with E-state index in [0.29, 0.717) is 13.0 Å². The first-order chi connectivity index (χ1) is 8.29. The van der Waals surface area contributed by atoms with E-state index < -0.39 is 18.9 Å². The molecule has 1 heterocycles. The average Bonchev–Trinajstić information content (AvgIpc) is 2.26. The smallest absolute Gasteiger partial charge is 0.391 e. The molecule has 1 N–H and O–H groups in total. The van der Waals surface area contributed by atoms with Gasteiger partial charge in [-0.25, -0.2) is 0 Å². The molecule has 0 aromatic carbocycles. The summed E-state index contributed by atoms with van der Waals surface area (Å²) in [7, 11) is 0. The zero-order valence-electron chi connectivity index (χ0n) is 10.2. The normalized spacial score (nSPS) is 25.3. The Bertz CT molecular complexity index is 283. The summed E-state index contributed by atoms with van der Waals surface area (Å²) in [5, 5.41) is 9.60. The largest absolute Gasteiger partial charge is 0.411 e. The molecule has 1 aliphatic heterocycles. The van der Waals surface area contributed by atoms with E-state index in [2.05, 4.69) is 4.74 Å². The zero-order chi connectivity index (χ0) is 13.8. The van der Waals surface area contributed by atoms with Gasteiger partial charge >= 0.3 is 6.18 Å². The first-order valence-electron chi connectivity index (χ1n) is 5.90. The monoisotopic (exact) mass is 269 g/mol. The third kappa shape index (κ3) is 5.22. The number of alkyl halides is 3. The second kappa shape index (κ2) is 6.38. The second-order valence-electron chi connectivity index (χ2n) is 4.59. The highest BCUT2D eigenvalue weighted by molar-refractivity contribution is 5.76. The number of piperidine rings is 1. The number of aliphatic hydroxyl groups is 1. The van der Waals surface area contributed by atoms with Crippen molar-refractivity contribution >= 4 is 5.91 Å². The van der Waals surface area contributed by atoms with Crippen molar-refractivity contribution in [3.63, 3.8) is 0 Å². The number of halogens is 3. The molecule has 0 spiro atoms. The van der Waals surface area contributed by atoms with Gasteiger partial charge in [0.05, 0.1) is 19.1 Å². The summed E-state index contributed by atoms with van der Waals surface area (Å²) in [6.45, 7) is 1.11. The SMILES string of the molecule is CC1CCN(C(=O)CCOCC(F)(F)F)CC1O. The van der Waals surface area contributed by atoms with Crippen LogP contribution in [0.2, 0.25) is 0 Å². The molecule has 0 radical (unpaired) electrons. The highest BCUT2D eigenvalue weighted by atomic mass is 19.4. The number of amides is 1. The predicted molar refractivity (Wildman–Crippen MR) is 57.9 cm³/mol. The summed E-state index contributed by atoms with van der Waals surface area (Å²) >= 11 is 0. The van der Waals surface area contributed by atoms with Gasteiger partial charge in [-0.3, -0.25) is 4.79 Å². The van der Waals surface area contributed by atoms with Gasteiger partial charge in [0.25, 0.3) is 0 Å². The van der Waals surface area contributed by atoms with Crippen LogP contribution in [-0.4, -0.2) is 54.5 Å². The number of nitrogens with zero attached hydrogens (tertiary/aromatic N) is 1. The molecule has 0 bridgehead atoms. The van der Waals surface area contributed by atoms with Crippen LogP contribution in [-0.2, 0) is 9.53 Å².